The Morgan fingerprint density at radius 1 is 1.18 bits per heavy atom. The minimum absolute atomic E-state index is 0.0412. The van der Waals surface area contributed by atoms with E-state index in [1.165, 1.54) is 12.3 Å². The second-order valence-electron chi connectivity index (χ2n) is 8.87. The maximum absolute atomic E-state index is 15.7. The molecule has 3 N–H and O–H groups in total. The third-order valence-corrected chi connectivity index (χ3v) is 7.01. The minimum Gasteiger partial charge on any atom is -0.481 e. The van der Waals surface area contributed by atoms with Crippen molar-refractivity contribution in [2.24, 2.45) is 17.8 Å². The highest BCUT2D eigenvalue weighted by Crippen LogP contribution is 2.46. The molecule has 11 heteroatoms. The molecule has 2 bridgehead atoms. The van der Waals surface area contributed by atoms with Crippen LogP contribution in [0.5, 0.6) is 0 Å². The second kappa shape index (κ2) is 7.86. The van der Waals surface area contributed by atoms with Crippen LogP contribution in [0.4, 0.5) is 14.6 Å². The van der Waals surface area contributed by atoms with Gasteiger partial charge in [0.15, 0.2) is 28.9 Å². The standard InChI is InChI=1S/C23H20F2N6O3/c24-12-8-13-18(30-31-20(13)26-9-12)22-28-19(14-2-1-7-34-14)16(25)21(29-22)27-17-11-5-3-10(4-6-11)15(17)23(32)33/h1-2,7-11,15,17H,3-6H2,(H,32,33)(H,26,30,31)(H,27,28,29). The largest absolute Gasteiger partial charge is 0.481 e. The number of carboxylic acid groups (broad SMARTS) is 1. The number of nitrogens with zero attached hydrogens (tertiary/aromatic N) is 4. The first kappa shape index (κ1) is 20.7. The van der Waals surface area contributed by atoms with Gasteiger partial charge in [0.1, 0.15) is 17.2 Å². The maximum atomic E-state index is 15.7. The molecule has 7 rings (SSSR count). The topological polar surface area (TPSA) is 130 Å². The van der Waals surface area contributed by atoms with Gasteiger partial charge in [-0.05, 0) is 55.7 Å². The summed E-state index contributed by atoms with van der Waals surface area (Å²) >= 11 is 0. The van der Waals surface area contributed by atoms with Gasteiger partial charge in [-0.1, -0.05) is 0 Å². The Bertz CT molecular complexity index is 1380. The van der Waals surface area contributed by atoms with Crippen LogP contribution in [0.2, 0.25) is 0 Å². The van der Waals surface area contributed by atoms with E-state index in [-0.39, 0.29) is 46.3 Å². The molecule has 3 aliphatic carbocycles. The third-order valence-electron chi connectivity index (χ3n) is 7.01. The fraction of sp³-hybridized carbons (Fsp3) is 0.348. The molecule has 0 saturated heterocycles. The van der Waals surface area contributed by atoms with Crippen molar-refractivity contribution in [2.75, 3.05) is 5.32 Å². The second-order valence-corrected chi connectivity index (χ2v) is 8.87. The van der Waals surface area contributed by atoms with Crippen LogP contribution in [0.25, 0.3) is 34.0 Å². The number of furan rings is 1. The minimum atomic E-state index is -0.894. The highest BCUT2D eigenvalue weighted by molar-refractivity contribution is 5.89. The highest BCUT2D eigenvalue weighted by Gasteiger charge is 2.47. The summed E-state index contributed by atoms with van der Waals surface area (Å²) in [5.41, 5.74) is 0.421. The SMILES string of the molecule is O=C(O)C1C2CCC(CC2)C1Nc1nc(-c2[nH]nc3ncc(F)cc23)nc(-c2ccco2)c1F. The Labute approximate surface area is 191 Å². The first-order valence-corrected chi connectivity index (χ1v) is 11.1. The van der Waals surface area contributed by atoms with E-state index in [2.05, 4.69) is 30.5 Å². The summed E-state index contributed by atoms with van der Waals surface area (Å²) in [5.74, 6) is -2.61. The highest BCUT2D eigenvalue weighted by atomic mass is 19.1. The molecule has 3 saturated carbocycles. The van der Waals surface area contributed by atoms with E-state index in [9.17, 15) is 14.3 Å². The number of nitrogens with one attached hydrogen (secondary N) is 2. The van der Waals surface area contributed by atoms with Crippen LogP contribution in [0.1, 0.15) is 25.7 Å². The number of anilines is 1. The number of rotatable bonds is 5. The number of carbonyl (C=O) groups is 1. The zero-order chi connectivity index (χ0) is 23.4. The predicted octanol–water partition coefficient (Wildman–Crippen LogP) is 4.25. The van der Waals surface area contributed by atoms with Crippen molar-refractivity contribution in [3.63, 3.8) is 0 Å². The Hall–Kier alpha value is -3.89. The Kier molecular flexibility index (Phi) is 4.78. The number of fused-ring (bicyclic) bond motifs is 4. The number of hydrogen-bond donors (Lipinski definition) is 3. The zero-order valence-electron chi connectivity index (χ0n) is 17.8. The van der Waals surface area contributed by atoms with Gasteiger partial charge in [0.05, 0.1) is 23.8 Å². The molecule has 3 fully saturated rings. The zero-order valence-corrected chi connectivity index (χ0v) is 17.8. The van der Waals surface area contributed by atoms with Gasteiger partial charge < -0.3 is 14.8 Å². The lowest BCUT2D eigenvalue weighted by atomic mass is 9.61. The van der Waals surface area contributed by atoms with E-state index < -0.39 is 29.6 Å². The van der Waals surface area contributed by atoms with Crippen molar-refractivity contribution in [1.29, 1.82) is 0 Å². The van der Waals surface area contributed by atoms with Crippen molar-refractivity contribution in [2.45, 2.75) is 31.7 Å². The Morgan fingerprint density at radius 3 is 2.71 bits per heavy atom. The van der Waals surface area contributed by atoms with Crippen LogP contribution in [0.15, 0.2) is 35.1 Å². The van der Waals surface area contributed by atoms with Gasteiger partial charge in [0, 0.05) is 6.04 Å². The summed E-state index contributed by atoms with van der Waals surface area (Å²) in [7, 11) is 0. The summed E-state index contributed by atoms with van der Waals surface area (Å²) in [6.45, 7) is 0. The van der Waals surface area contributed by atoms with Gasteiger partial charge in [-0.15, -0.1) is 0 Å². The van der Waals surface area contributed by atoms with Crippen LogP contribution in [-0.2, 0) is 4.79 Å². The molecule has 0 spiro atoms. The van der Waals surface area contributed by atoms with E-state index in [4.69, 9.17) is 4.42 Å². The number of H-pyrrole nitrogens is 1. The maximum Gasteiger partial charge on any atom is 0.308 e. The van der Waals surface area contributed by atoms with Gasteiger partial charge in [-0.3, -0.25) is 9.89 Å². The van der Waals surface area contributed by atoms with Gasteiger partial charge in [-0.25, -0.2) is 23.7 Å². The molecule has 0 amide bonds. The van der Waals surface area contributed by atoms with E-state index in [0.717, 1.165) is 31.9 Å². The van der Waals surface area contributed by atoms with Gasteiger partial charge >= 0.3 is 5.97 Å². The lowest BCUT2D eigenvalue weighted by Gasteiger charge is -2.47. The Morgan fingerprint density at radius 2 is 1.97 bits per heavy atom. The smallest absolute Gasteiger partial charge is 0.308 e. The fourth-order valence-corrected chi connectivity index (χ4v) is 5.45. The molecule has 174 valence electrons. The molecule has 4 aromatic heterocycles. The summed E-state index contributed by atoms with van der Waals surface area (Å²) in [6, 6.07) is 3.95. The van der Waals surface area contributed by atoms with E-state index in [1.807, 2.05) is 0 Å². The molecule has 0 aromatic carbocycles. The normalized spacial score (nSPS) is 23.9. The van der Waals surface area contributed by atoms with Crippen LogP contribution in [0, 0.1) is 29.4 Å². The van der Waals surface area contributed by atoms with E-state index >= 15 is 4.39 Å². The lowest BCUT2D eigenvalue weighted by Crippen LogP contribution is -2.51. The Balaban J connectivity index is 1.49. The van der Waals surface area contributed by atoms with Crippen LogP contribution in [0.3, 0.4) is 0 Å². The number of halogens is 2. The first-order chi connectivity index (χ1) is 16.5. The van der Waals surface area contributed by atoms with Crippen molar-refractivity contribution in [3.05, 3.63) is 42.3 Å². The first-order valence-electron chi connectivity index (χ1n) is 11.1. The molecule has 9 nitrogen and oxygen atoms in total. The van der Waals surface area contributed by atoms with Crippen molar-refractivity contribution in [1.82, 2.24) is 25.1 Å². The average Bonchev–Trinajstić information content (AvgIpc) is 3.51. The number of aromatic nitrogens is 5. The molecule has 34 heavy (non-hydrogen) atoms. The van der Waals surface area contributed by atoms with Crippen molar-refractivity contribution < 1.29 is 23.1 Å². The molecule has 2 unspecified atom stereocenters. The van der Waals surface area contributed by atoms with Crippen molar-refractivity contribution >= 4 is 22.8 Å². The summed E-state index contributed by atoms with van der Waals surface area (Å²) in [4.78, 5) is 24.7. The number of aromatic amines is 1. The molecule has 4 heterocycles. The quantitative estimate of drug-likeness (QED) is 0.398. The molecule has 3 aliphatic rings. The van der Waals surface area contributed by atoms with Gasteiger partial charge in [-0.2, -0.15) is 5.10 Å². The fourth-order valence-electron chi connectivity index (χ4n) is 5.45. The molecular formula is C23H20F2N6O3. The predicted molar refractivity (Wildman–Crippen MR) is 117 cm³/mol. The number of pyridine rings is 1. The van der Waals surface area contributed by atoms with Crippen LogP contribution >= 0.6 is 0 Å². The molecule has 4 aromatic rings. The van der Waals surface area contributed by atoms with Crippen LogP contribution in [-0.4, -0.2) is 42.3 Å². The van der Waals surface area contributed by atoms with Crippen LogP contribution < -0.4 is 5.32 Å². The van der Waals surface area contributed by atoms with E-state index in [1.54, 1.807) is 12.1 Å². The summed E-state index contributed by atoms with van der Waals surface area (Å²) in [6.07, 6.45) is 5.92. The molecule has 2 atom stereocenters. The lowest BCUT2D eigenvalue weighted by molar-refractivity contribution is -0.148. The third kappa shape index (κ3) is 3.30. The van der Waals surface area contributed by atoms with Crippen molar-refractivity contribution in [3.8, 4) is 23.0 Å². The average molecular weight is 466 g/mol. The number of carboxylic acids is 1. The molecule has 0 radical (unpaired) electrons. The summed E-state index contributed by atoms with van der Waals surface area (Å²) < 4.78 is 34.9. The van der Waals surface area contributed by atoms with Gasteiger partial charge in [0.2, 0.25) is 0 Å². The summed E-state index contributed by atoms with van der Waals surface area (Å²) in [5, 5.41) is 20.2. The number of hydrogen-bond acceptors (Lipinski definition) is 7. The van der Waals surface area contributed by atoms with Gasteiger partial charge in [0.25, 0.3) is 0 Å². The monoisotopic (exact) mass is 466 g/mol. The number of aliphatic carboxylic acids is 1. The molecule has 0 aliphatic heterocycles. The van der Waals surface area contributed by atoms with E-state index in [0.29, 0.717) is 5.39 Å². The molecular weight excluding hydrogens is 446 g/mol.